The van der Waals surface area contributed by atoms with Gasteiger partial charge in [-0.25, -0.2) is 8.42 Å². The Morgan fingerprint density at radius 3 is 2.36 bits per heavy atom. The van der Waals surface area contributed by atoms with Gasteiger partial charge in [0.1, 0.15) is 12.3 Å². The first-order chi connectivity index (χ1) is 13.2. The zero-order chi connectivity index (χ0) is 20.7. The zero-order valence-corrected chi connectivity index (χ0v) is 16.6. The van der Waals surface area contributed by atoms with Crippen molar-refractivity contribution in [1.29, 1.82) is 0 Å². The maximum absolute atomic E-state index is 12.1. The van der Waals surface area contributed by atoms with Gasteiger partial charge in [-0.2, -0.15) is 4.72 Å². The molecule has 2 aromatic rings. The summed E-state index contributed by atoms with van der Waals surface area (Å²) >= 11 is 0. The first kappa shape index (κ1) is 21.4. The molecule has 0 aromatic heterocycles. The Morgan fingerprint density at radius 1 is 1.04 bits per heavy atom. The largest absolute Gasteiger partial charge is 0.483 e. The lowest BCUT2D eigenvalue weighted by molar-refractivity contribution is -0.139. The number of sulfonamides is 1. The van der Waals surface area contributed by atoms with Gasteiger partial charge in [0.15, 0.2) is 6.61 Å². The minimum Gasteiger partial charge on any atom is -0.483 e. The number of esters is 1. The van der Waals surface area contributed by atoms with Crippen LogP contribution in [0.5, 0.6) is 5.75 Å². The third-order valence-electron chi connectivity index (χ3n) is 4.00. The molecule has 0 spiro atoms. The lowest BCUT2D eigenvalue weighted by Gasteiger charge is -2.11. The number of aryl methyl sites for hydroxylation is 1. The van der Waals surface area contributed by atoms with Gasteiger partial charge in [0, 0.05) is 5.69 Å². The van der Waals surface area contributed by atoms with Crippen LogP contribution < -0.4 is 14.8 Å². The number of ether oxygens (including phenoxy) is 2. The van der Waals surface area contributed by atoms with Crippen LogP contribution in [0.4, 0.5) is 5.69 Å². The van der Waals surface area contributed by atoms with Crippen LogP contribution in [0.15, 0.2) is 47.4 Å². The summed E-state index contributed by atoms with van der Waals surface area (Å²) in [6.07, 6.45) is 0. The summed E-state index contributed by atoms with van der Waals surface area (Å²) < 4.78 is 36.2. The topological polar surface area (TPSA) is 111 Å². The third-order valence-corrected chi connectivity index (χ3v) is 5.41. The summed E-state index contributed by atoms with van der Waals surface area (Å²) in [5.74, 6) is -0.440. The molecule has 0 saturated carbocycles. The van der Waals surface area contributed by atoms with Crippen molar-refractivity contribution in [2.75, 3.05) is 25.6 Å². The zero-order valence-electron chi connectivity index (χ0n) is 15.8. The number of benzene rings is 2. The summed E-state index contributed by atoms with van der Waals surface area (Å²) in [5.41, 5.74) is 2.45. The summed E-state index contributed by atoms with van der Waals surface area (Å²) in [5, 5.41) is 2.63. The molecule has 0 saturated heterocycles. The molecule has 2 rings (SSSR count). The highest BCUT2D eigenvalue weighted by atomic mass is 32.2. The number of amides is 1. The summed E-state index contributed by atoms with van der Waals surface area (Å²) in [6, 6.07) is 11.1. The number of rotatable bonds is 8. The van der Waals surface area contributed by atoms with Gasteiger partial charge < -0.3 is 14.8 Å². The SMILES string of the molecule is COC(=O)CNS(=O)(=O)c1ccc(NC(=O)COc2cccc(C)c2C)cc1. The number of carbonyl (C=O) groups is 2. The Morgan fingerprint density at radius 2 is 1.71 bits per heavy atom. The maximum atomic E-state index is 12.1. The Labute approximate surface area is 163 Å². The number of nitrogens with one attached hydrogen (secondary N) is 2. The monoisotopic (exact) mass is 406 g/mol. The normalized spacial score (nSPS) is 11.0. The van der Waals surface area contributed by atoms with Crippen molar-refractivity contribution < 1.29 is 27.5 Å². The van der Waals surface area contributed by atoms with Crippen molar-refractivity contribution in [3.05, 3.63) is 53.6 Å². The Balaban J connectivity index is 1.93. The molecule has 2 aromatic carbocycles. The smallest absolute Gasteiger partial charge is 0.320 e. The van der Waals surface area contributed by atoms with E-state index in [1.807, 2.05) is 26.0 Å². The maximum Gasteiger partial charge on any atom is 0.320 e. The van der Waals surface area contributed by atoms with Gasteiger partial charge in [-0.05, 0) is 55.3 Å². The number of carbonyl (C=O) groups excluding carboxylic acids is 2. The van der Waals surface area contributed by atoms with Crippen LogP contribution in [-0.4, -0.2) is 40.6 Å². The van der Waals surface area contributed by atoms with E-state index in [0.717, 1.165) is 18.2 Å². The van der Waals surface area contributed by atoms with Gasteiger partial charge >= 0.3 is 5.97 Å². The van der Waals surface area contributed by atoms with Gasteiger partial charge in [0.2, 0.25) is 10.0 Å². The predicted molar refractivity (Wildman–Crippen MR) is 104 cm³/mol. The fraction of sp³-hybridized carbons (Fsp3) is 0.263. The summed E-state index contributed by atoms with van der Waals surface area (Å²) in [6.45, 7) is 3.23. The molecule has 0 fully saturated rings. The van der Waals surface area contributed by atoms with Crippen LogP contribution in [0.3, 0.4) is 0 Å². The lowest BCUT2D eigenvalue weighted by Crippen LogP contribution is -2.30. The second-order valence-electron chi connectivity index (χ2n) is 5.96. The first-order valence-electron chi connectivity index (χ1n) is 8.38. The Bertz CT molecular complexity index is 955. The molecule has 0 aliphatic heterocycles. The molecule has 1 amide bonds. The molecule has 0 aliphatic rings. The number of hydrogen-bond donors (Lipinski definition) is 2. The van der Waals surface area contributed by atoms with Crippen molar-refractivity contribution in [2.24, 2.45) is 0 Å². The molecule has 0 atom stereocenters. The van der Waals surface area contributed by atoms with E-state index in [1.165, 1.54) is 24.3 Å². The Kier molecular flexibility index (Phi) is 7.13. The van der Waals surface area contributed by atoms with Crippen molar-refractivity contribution >= 4 is 27.6 Å². The van der Waals surface area contributed by atoms with E-state index < -0.39 is 22.5 Å². The van der Waals surface area contributed by atoms with E-state index in [-0.39, 0.29) is 17.4 Å². The molecule has 8 nitrogen and oxygen atoms in total. The average molecular weight is 406 g/mol. The van der Waals surface area contributed by atoms with Gasteiger partial charge in [0.25, 0.3) is 5.91 Å². The van der Waals surface area contributed by atoms with Gasteiger partial charge in [-0.1, -0.05) is 12.1 Å². The van der Waals surface area contributed by atoms with E-state index in [9.17, 15) is 18.0 Å². The lowest BCUT2D eigenvalue weighted by atomic mass is 10.1. The molecule has 0 heterocycles. The van der Waals surface area contributed by atoms with Crippen LogP contribution in [0.1, 0.15) is 11.1 Å². The molecule has 0 bridgehead atoms. The van der Waals surface area contributed by atoms with E-state index in [4.69, 9.17) is 4.74 Å². The van der Waals surface area contributed by atoms with Crippen LogP contribution in [0.2, 0.25) is 0 Å². The van der Waals surface area contributed by atoms with E-state index in [0.29, 0.717) is 11.4 Å². The van der Waals surface area contributed by atoms with Crippen molar-refractivity contribution in [3.63, 3.8) is 0 Å². The quantitative estimate of drug-likeness (QED) is 0.647. The summed E-state index contributed by atoms with van der Waals surface area (Å²) in [7, 11) is -2.69. The standard InChI is InChI=1S/C19H22N2O6S/c1-13-5-4-6-17(14(13)2)27-12-18(22)21-15-7-9-16(10-8-15)28(24,25)20-11-19(23)26-3/h4-10,20H,11-12H2,1-3H3,(H,21,22). The second-order valence-corrected chi connectivity index (χ2v) is 7.73. The van der Waals surface area contributed by atoms with Crippen molar-refractivity contribution in [2.45, 2.75) is 18.7 Å². The average Bonchev–Trinajstić information content (AvgIpc) is 2.67. The van der Waals surface area contributed by atoms with Gasteiger partial charge in [0.05, 0.1) is 12.0 Å². The molecule has 0 aliphatic carbocycles. The molecule has 150 valence electrons. The molecule has 0 unspecified atom stereocenters. The first-order valence-corrected chi connectivity index (χ1v) is 9.86. The number of hydrogen-bond acceptors (Lipinski definition) is 6. The second kappa shape index (κ2) is 9.34. The summed E-state index contributed by atoms with van der Waals surface area (Å²) in [4.78, 5) is 23.1. The number of methoxy groups -OCH3 is 1. The molecule has 0 radical (unpaired) electrons. The minimum atomic E-state index is -3.85. The van der Waals surface area contributed by atoms with E-state index in [2.05, 4.69) is 14.8 Å². The molecule has 9 heteroatoms. The van der Waals surface area contributed by atoms with E-state index in [1.54, 1.807) is 6.07 Å². The Hall–Kier alpha value is -2.91. The van der Waals surface area contributed by atoms with E-state index >= 15 is 0 Å². The van der Waals surface area contributed by atoms with Crippen LogP contribution >= 0.6 is 0 Å². The highest BCUT2D eigenvalue weighted by Gasteiger charge is 2.16. The number of anilines is 1. The fourth-order valence-electron chi connectivity index (χ4n) is 2.25. The van der Waals surface area contributed by atoms with Crippen LogP contribution in [0.25, 0.3) is 0 Å². The molecular formula is C19H22N2O6S. The minimum absolute atomic E-state index is 0.0407. The predicted octanol–water partition coefficient (Wildman–Crippen LogP) is 1.77. The van der Waals surface area contributed by atoms with Crippen molar-refractivity contribution in [3.8, 4) is 5.75 Å². The van der Waals surface area contributed by atoms with Crippen molar-refractivity contribution in [1.82, 2.24) is 4.72 Å². The van der Waals surface area contributed by atoms with Gasteiger partial charge in [-0.15, -0.1) is 0 Å². The molecule has 2 N–H and O–H groups in total. The highest BCUT2D eigenvalue weighted by Crippen LogP contribution is 2.20. The van der Waals surface area contributed by atoms with Crippen LogP contribution in [-0.2, 0) is 24.3 Å². The highest BCUT2D eigenvalue weighted by molar-refractivity contribution is 7.89. The molecular weight excluding hydrogens is 384 g/mol. The fourth-order valence-corrected chi connectivity index (χ4v) is 3.22. The third kappa shape index (κ3) is 5.80. The van der Waals surface area contributed by atoms with Gasteiger partial charge in [-0.3, -0.25) is 9.59 Å². The van der Waals surface area contributed by atoms with Crippen LogP contribution in [0, 0.1) is 13.8 Å². The molecule has 28 heavy (non-hydrogen) atoms.